The smallest absolute Gasteiger partial charge is 0.254 e. The summed E-state index contributed by atoms with van der Waals surface area (Å²) in [5.41, 5.74) is 0.427. The van der Waals surface area contributed by atoms with Crippen LogP contribution in [-0.2, 0) is 19.5 Å². The predicted molar refractivity (Wildman–Crippen MR) is 96.2 cm³/mol. The van der Waals surface area contributed by atoms with Gasteiger partial charge in [0.1, 0.15) is 0 Å². The molecule has 1 atom stereocenters. The van der Waals surface area contributed by atoms with Crippen LogP contribution in [0.4, 0.5) is 0 Å². The Balaban J connectivity index is 1.72. The molecular formula is C18H23N3O5S. The van der Waals surface area contributed by atoms with Gasteiger partial charge in [-0.15, -0.1) is 0 Å². The highest BCUT2D eigenvalue weighted by molar-refractivity contribution is 7.89. The van der Waals surface area contributed by atoms with E-state index in [2.05, 4.69) is 4.72 Å². The number of rotatable bonds is 6. The van der Waals surface area contributed by atoms with Crippen molar-refractivity contribution in [3.63, 3.8) is 0 Å². The summed E-state index contributed by atoms with van der Waals surface area (Å²) < 4.78 is 37.9. The molecule has 3 rings (SSSR count). The summed E-state index contributed by atoms with van der Waals surface area (Å²) in [7, 11) is -3.69. The lowest BCUT2D eigenvalue weighted by Crippen LogP contribution is -2.50. The molecule has 0 bridgehead atoms. The first kappa shape index (κ1) is 19.8. The Kier molecular flexibility index (Phi) is 6.44. The fourth-order valence-corrected chi connectivity index (χ4v) is 4.39. The second-order valence-corrected chi connectivity index (χ2v) is 8.27. The van der Waals surface area contributed by atoms with Gasteiger partial charge in [0.25, 0.3) is 5.91 Å². The van der Waals surface area contributed by atoms with Gasteiger partial charge in [0.15, 0.2) is 6.29 Å². The molecule has 0 saturated carbocycles. The Labute approximate surface area is 159 Å². The lowest BCUT2D eigenvalue weighted by Gasteiger charge is -2.38. The average molecular weight is 393 g/mol. The second kappa shape index (κ2) is 8.80. The Hall–Kier alpha value is -1.99. The zero-order valence-electron chi connectivity index (χ0n) is 15.0. The van der Waals surface area contributed by atoms with Crippen LogP contribution in [-0.4, -0.2) is 57.9 Å². The number of nitriles is 1. The third-order valence-electron chi connectivity index (χ3n) is 4.71. The quantitative estimate of drug-likeness (QED) is 0.729. The first-order chi connectivity index (χ1) is 13.0. The fourth-order valence-electron chi connectivity index (χ4n) is 3.36. The predicted octanol–water partition coefficient (Wildman–Crippen LogP) is 1.25. The highest BCUT2D eigenvalue weighted by Gasteiger charge is 2.36. The lowest BCUT2D eigenvalue weighted by atomic mass is 10.00. The summed E-state index contributed by atoms with van der Waals surface area (Å²) in [6, 6.07) is 7.61. The van der Waals surface area contributed by atoms with Gasteiger partial charge in [-0.1, -0.05) is 0 Å². The van der Waals surface area contributed by atoms with Crippen LogP contribution in [0.3, 0.4) is 0 Å². The molecule has 1 aromatic carbocycles. The summed E-state index contributed by atoms with van der Waals surface area (Å²) in [6.07, 6.45) is 2.47. The molecule has 9 heteroatoms. The van der Waals surface area contributed by atoms with E-state index in [1.165, 1.54) is 24.3 Å². The SMILES string of the molecule is N#CCCNS(=O)(=O)c1ccc(C(=O)N2CCCCC2C2OCCO2)cc1. The molecule has 0 radical (unpaired) electrons. The van der Waals surface area contributed by atoms with Crippen molar-refractivity contribution < 1.29 is 22.7 Å². The Morgan fingerprint density at radius 1 is 1.22 bits per heavy atom. The topological polar surface area (TPSA) is 109 Å². The van der Waals surface area contributed by atoms with Crippen molar-refractivity contribution in [3.05, 3.63) is 29.8 Å². The molecule has 2 aliphatic rings. The number of hydrogen-bond donors (Lipinski definition) is 1. The molecular weight excluding hydrogens is 370 g/mol. The van der Waals surface area contributed by atoms with Crippen LogP contribution in [0.15, 0.2) is 29.2 Å². The van der Waals surface area contributed by atoms with Gasteiger partial charge in [-0.05, 0) is 43.5 Å². The maximum atomic E-state index is 13.0. The first-order valence-electron chi connectivity index (χ1n) is 9.04. The van der Waals surface area contributed by atoms with Crippen LogP contribution >= 0.6 is 0 Å². The largest absolute Gasteiger partial charge is 0.348 e. The molecule has 0 aromatic heterocycles. The van der Waals surface area contributed by atoms with E-state index >= 15 is 0 Å². The fraction of sp³-hybridized carbons (Fsp3) is 0.556. The summed E-state index contributed by atoms with van der Waals surface area (Å²) in [6.45, 7) is 1.75. The van der Waals surface area contributed by atoms with Crippen LogP contribution in [0, 0.1) is 11.3 Å². The molecule has 2 saturated heterocycles. The molecule has 2 aliphatic heterocycles. The molecule has 27 heavy (non-hydrogen) atoms. The number of carbonyl (C=O) groups excluding carboxylic acids is 1. The number of ether oxygens (including phenoxy) is 2. The molecule has 2 heterocycles. The monoisotopic (exact) mass is 393 g/mol. The zero-order chi connectivity index (χ0) is 19.3. The van der Waals surface area contributed by atoms with Crippen LogP contribution in [0.25, 0.3) is 0 Å². The van der Waals surface area contributed by atoms with Gasteiger partial charge in [0.2, 0.25) is 10.0 Å². The number of piperidine rings is 1. The van der Waals surface area contributed by atoms with E-state index in [1.54, 1.807) is 4.90 Å². The summed E-state index contributed by atoms with van der Waals surface area (Å²) in [5.74, 6) is -0.153. The molecule has 1 unspecified atom stereocenters. The molecule has 0 aliphatic carbocycles. The third-order valence-corrected chi connectivity index (χ3v) is 6.19. The van der Waals surface area contributed by atoms with Gasteiger partial charge in [-0.2, -0.15) is 5.26 Å². The van der Waals surface area contributed by atoms with Gasteiger partial charge in [0, 0.05) is 25.1 Å². The van der Waals surface area contributed by atoms with Crippen LogP contribution in [0.2, 0.25) is 0 Å². The summed E-state index contributed by atoms with van der Waals surface area (Å²) >= 11 is 0. The van der Waals surface area contributed by atoms with Crippen molar-refractivity contribution in [3.8, 4) is 6.07 Å². The highest BCUT2D eigenvalue weighted by atomic mass is 32.2. The van der Waals surface area contributed by atoms with Crippen LogP contribution in [0.1, 0.15) is 36.0 Å². The van der Waals surface area contributed by atoms with Gasteiger partial charge < -0.3 is 14.4 Å². The average Bonchev–Trinajstić information content (AvgIpc) is 3.22. The van der Waals surface area contributed by atoms with E-state index in [0.29, 0.717) is 25.3 Å². The minimum atomic E-state index is -3.69. The Morgan fingerprint density at radius 3 is 2.59 bits per heavy atom. The van der Waals surface area contributed by atoms with E-state index in [-0.39, 0.29) is 29.8 Å². The summed E-state index contributed by atoms with van der Waals surface area (Å²) in [4.78, 5) is 14.8. The van der Waals surface area contributed by atoms with E-state index in [1.807, 2.05) is 6.07 Å². The molecule has 1 N–H and O–H groups in total. The second-order valence-electron chi connectivity index (χ2n) is 6.50. The minimum absolute atomic E-state index is 0.0519. The molecule has 1 aromatic rings. The normalized spacial score (nSPS) is 21.1. The zero-order valence-corrected chi connectivity index (χ0v) is 15.8. The van der Waals surface area contributed by atoms with Crippen molar-refractivity contribution in [1.29, 1.82) is 5.26 Å². The number of nitrogens with one attached hydrogen (secondary N) is 1. The van der Waals surface area contributed by atoms with Gasteiger partial charge >= 0.3 is 0 Å². The number of nitrogens with zero attached hydrogens (tertiary/aromatic N) is 2. The van der Waals surface area contributed by atoms with Gasteiger partial charge in [-0.25, -0.2) is 13.1 Å². The minimum Gasteiger partial charge on any atom is -0.348 e. The van der Waals surface area contributed by atoms with E-state index < -0.39 is 16.3 Å². The van der Waals surface area contributed by atoms with Gasteiger partial charge in [-0.3, -0.25) is 4.79 Å². The number of likely N-dealkylation sites (tertiary alicyclic amines) is 1. The lowest BCUT2D eigenvalue weighted by molar-refractivity contribution is -0.100. The summed E-state index contributed by atoms with van der Waals surface area (Å²) in [5, 5.41) is 8.51. The van der Waals surface area contributed by atoms with Crippen molar-refractivity contribution in [2.45, 2.75) is 42.9 Å². The number of amides is 1. The van der Waals surface area contributed by atoms with Crippen molar-refractivity contribution in [1.82, 2.24) is 9.62 Å². The number of carbonyl (C=O) groups is 1. The third kappa shape index (κ3) is 4.65. The Bertz CT molecular complexity index is 797. The molecule has 0 spiro atoms. The van der Waals surface area contributed by atoms with Crippen molar-refractivity contribution in [2.75, 3.05) is 26.3 Å². The highest BCUT2D eigenvalue weighted by Crippen LogP contribution is 2.26. The van der Waals surface area contributed by atoms with E-state index in [9.17, 15) is 13.2 Å². The van der Waals surface area contributed by atoms with E-state index in [0.717, 1.165) is 19.3 Å². The van der Waals surface area contributed by atoms with Crippen molar-refractivity contribution in [2.24, 2.45) is 0 Å². The first-order valence-corrected chi connectivity index (χ1v) is 10.5. The van der Waals surface area contributed by atoms with Crippen LogP contribution < -0.4 is 4.72 Å². The maximum absolute atomic E-state index is 13.0. The standard InChI is InChI=1S/C18H23N3O5S/c19-9-3-10-20-27(23,24)15-7-5-14(6-8-15)17(22)21-11-2-1-4-16(21)18-25-12-13-26-18/h5-8,16,18,20H,1-4,10-13H2. The van der Waals surface area contributed by atoms with E-state index in [4.69, 9.17) is 14.7 Å². The molecule has 8 nitrogen and oxygen atoms in total. The van der Waals surface area contributed by atoms with Crippen molar-refractivity contribution >= 4 is 15.9 Å². The molecule has 1 amide bonds. The number of sulfonamides is 1. The number of benzene rings is 1. The Morgan fingerprint density at radius 2 is 1.93 bits per heavy atom. The maximum Gasteiger partial charge on any atom is 0.254 e. The molecule has 146 valence electrons. The van der Waals surface area contributed by atoms with Gasteiger partial charge in [0.05, 0.1) is 30.2 Å². The van der Waals surface area contributed by atoms with Crippen LogP contribution in [0.5, 0.6) is 0 Å². The number of hydrogen-bond acceptors (Lipinski definition) is 6. The molecule has 2 fully saturated rings.